The van der Waals surface area contributed by atoms with E-state index < -0.39 is 28.6 Å². The summed E-state index contributed by atoms with van der Waals surface area (Å²) in [5, 5.41) is 3.31. The summed E-state index contributed by atoms with van der Waals surface area (Å²) in [4.78, 5) is 151. The van der Waals surface area contributed by atoms with Crippen LogP contribution in [0.4, 0.5) is 19.2 Å². The van der Waals surface area contributed by atoms with Gasteiger partial charge in [-0.2, -0.15) is 0 Å². The van der Waals surface area contributed by atoms with Gasteiger partial charge >= 0.3 is 24.4 Å². The lowest BCUT2D eigenvalue weighted by Crippen LogP contribution is -2.44. The van der Waals surface area contributed by atoms with Crippen molar-refractivity contribution >= 4 is 72.4 Å². The van der Waals surface area contributed by atoms with Crippen molar-refractivity contribution in [1.29, 1.82) is 0 Å². The number of nitrogens with one attached hydrogen (secondary N) is 1. The Bertz CT molecular complexity index is 3350. The molecule has 0 spiro atoms. The molecule has 0 aromatic heterocycles. The maximum atomic E-state index is 12.4. The molecule has 6 saturated carbocycles. The summed E-state index contributed by atoms with van der Waals surface area (Å²) in [5.41, 5.74) is 11.5. The summed E-state index contributed by atoms with van der Waals surface area (Å²) >= 11 is 0. The van der Waals surface area contributed by atoms with Crippen LogP contribution in [0.5, 0.6) is 0 Å². The van der Waals surface area contributed by atoms with E-state index in [1.54, 1.807) is 87.5 Å². The van der Waals surface area contributed by atoms with Crippen molar-refractivity contribution in [1.82, 2.24) is 39.6 Å². The first-order valence-corrected chi connectivity index (χ1v) is 36.9. The number of rotatable bonds is 22. The molecule has 3 aliphatic heterocycles. The van der Waals surface area contributed by atoms with Gasteiger partial charge in [-0.3, -0.25) is 43.5 Å². The number of nitrogens with two attached hydrogens (primary N) is 2. The lowest BCUT2D eigenvalue weighted by molar-refractivity contribution is -0.108. The van der Waals surface area contributed by atoms with Crippen LogP contribution in [-0.4, -0.2) is 224 Å². The molecule has 12 rings (SSSR count). The zero-order valence-electron chi connectivity index (χ0n) is 63.5. The van der Waals surface area contributed by atoms with Crippen molar-refractivity contribution in [2.75, 3.05) is 58.9 Å². The van der Waals surface area contributed by atoms with E-state index in [2.05, 4.69) is 12.2 Å². The van der Waals surface area contributed by atoms with E-state index in [4.69, 9.17) is 30.4 Å². The molecule has 3 aromatic rings. The predicted molar refractivity (Wildman–Crippen MR) is 393 cm³/mol. The normalized spacial score (nSPS) is 16.9. The largest absolute Gasteiger partial charge is 0.444 e. The number of carbonyl (C=O) groups is 12. The Hall–Kier alpha value is -8.62. The SMILES string of the molecule is CC(C)(C)OC(=O)N(CCCC=O)C1CC1.CC(C)(C)OC(=O)N(CCN)C1CC1.CC(C)(C)OC(=O)N(CCN1C(=O)c2ccccc2C1=O)C1CC1.CCCCN(C(=O)OC(C)(C)C)C1CC1.NC1CC1.O=C1c2ccccc2C(=O)N1CCNC1CC1.O=CCN1C(=O)c2ccccc2C1=O. The second-order valence-electron chi connectivity index (χ2n) is 31.2. The Morgan fingerprint density at radius 2 is 0.721 bits per heavy atom. The van der Waals surface area contributed by atoms with Crippen molar-refractivity contribution in [2.24, 2.45) is 11.5 Å². The average molecular weight is 1450 g/mol. The van der Waals surface area contributed by atoms with Gasteiger partial charge in [0.2, 0.25) is 0 Å². The average Bonchev–Trinajstić information content (AvgIpc) is 1.64. The molecular formula is C78H114N10O16. The highest BCUT2D eigenvalue weighted by atomic mass is 16.6. The zero-order chi connectivity index (χ0) is 76.9. The number of imide groups is 3. The summed E-state index contributed by atoms with van der Waals surface area (Å²) < 4.78 is 21.4. The van der Waals surface area contributed by atoms with Crippen LogP contribution in [-0.2, 0) is 28.5 Å². The van der Waals surface area contributed by atoms with Crippen LogP contribution in [0, 0.1) is 0 Å². The fourth-order valence-electron chi connectivity index (χ4n) is 10.7. The molecule has 0 unspecified atom stereocenters. The number of ether oxygens (including phenoxy) is 4. The minimum absolute atomic E-state index is 0.140. The van der Waals surface area contributed by atoms with Gasteiger partial charge in [-0.1, -0.05) is 49.7 Å². The maximum absolute atomic E-state index is 12.4. The van der Waals surface area contributed by atoms with Crippen LogP contribution < -0.4 is 16.8 Å². The van der Waals surface area contributed by atoms with Gasteiger partial charge in [0, 0.05) is 95.0 Å². The highest BCUT2D eigenvalue weighted by Gasteiger charge is 2.42. The number of hydrogen-bond donors (Lipinski definition) is 3. The minimum atomic E-state index is -0.570. The van der Waals surface area contributed by atoms with Crippen molar-refractivity contribution in [3.63, 3.8) is 0 Å². The van der Waals surface area contributed by atoms with Gasteiger partial charge in [0.25, 0.3) is 35.4 Å². The Balaban J connectivity index is 0.000000196. The third-order valence-electron chi connectivity index (χ3n) is 16.7. The number of unbranched alkanes of at least 4 members (excludes halogenated alkanes) is 2. The third kappa shape index (κ3) is 28.1. The van der Waals surface area contributed by atoms with Gasteiger partial charge in [-0.25, -0.2) is 19.2 Å². The highest BCUT2D eigenvalue weighted by Crippen LogP contribution is 2.33. The summed E-state index contributed by atoms with van der Waals surface area (Å²) in [7, 11) is 0. The number of carbonyl (C=O) groups excluding carboxylic acids is 12. The number of amides is 10. The van der Waals surface area contributed by atoms with Gasteiger partial charge in [0.15, 0.2) is 0 Å². The summed E-state index contributed by atoms with van der Waals surface area (Å²) in [6, 6.07) is 22.8. The first kappa shape index (κ1) is 84.3. The standard InChI is InChI=1S/C18H22N2O4.C13H14N2O2.C12H21NO3.C12H23NO2.C10H20N2O2.C10H7NO3.C3H7N/c1-18(2,3)24-17(23)19(12-8-9-12)10-11-20-15(21)13-6-4-5-7-14(13)16(20)22;16-12-10-3-1-2-4-11(10)13(17)15(12)8-7-14-9-5-6-9;1-12(2,3)16-11(15)13(10-6-7-10)8-4-5-9-14;1-5-6-9-13(10-7-8-10)11(14)15-12(2,3)4;1-10(2,3)14-9(13)12(7-6-11)8-4-5-8;12-6-5-11-9(13)7-3-1-2-4-8(7)10(11)14;4-3-1-2-3/h4-7,12H,8-11H2,1-3H3;1-4,9,14H,5-8H2;9-10H,4-8H2,1-3H3;10H,5-9H2,1-4H3;8H,4-7,11H2,1-3H3;1-4,6H,5H2;3H,1-2,4H2. The molecule has 3 heterocycles. The lowest BCUT2D eigenvalue weighted by atomic mass is 10.1. The van der Waals surface area contributed by atoms with E-state index >= 15 is 0 Å². The van der Waals surface area contributed by atoms with Crippen LogP contribution in [0.3, 0.4) is 0 Å². The van der Waals surface area contributed by atoms with Gasteiger partial charge in [-0.05, 0) is 209 Å². The number of fused-ring (bicyclic) bond motifs is 3. The topological polar surface area (TPSA) is 329 Å². The molecule has 0 bridgehead atoms. The van der Waals surface area contributed by atoms with Crippen LogP contribution >= 0.6 is 0 Å². The van der Waals surface area contributed by atoms with E-state index in [1.807, 2.05) is 88.0 Å². The number of hydrogen-bond acceptors (Lipinski definition) is 19. The van der Waals surface area contributed by atoms with Crippen LogP contribution in [0.25, 0.3) is 0 Å². The molecule has 6 fully saturated rings. The van der Waals surface area contributed by atoms with Crippen molar-refractivity contribution in [3.8, 4) is 0 Å². The lowest BCUT2D eigenvalue weighted by Gasteiger charge is -2.28. The second kappa shape index (κ2) is 38.4. The van der Waals surface area contributed by atoms with Crippen LogP contribution in [0.2, 0.25) is 0 Å². The molecule has 0 atom stereocenters. The van der Waals surface area contributed by atoms with Gasteiger partial charge in [0.1, 0.15) is 35.0 Å². The molecule has 572 valence electrons. The van der Waals surface area contributed by atoms with Gasteiger partial charge in [0.05, 0.1) is 39.9 Å². The quantitative estimate of drug-likeness (QED) is 0.0364. The van der Waals surface area contributed by atoms with E-state index in [0.717, 1.165) is 88.4 Å². The smallest absolute Gasteiger partial charge is 0.410 e. The molecule has 3 aromatic carbocycles. The molecule has 5 N–H and O–H groups in total. The van der Waals surface area contributed by atoms with Crippen LogP contribution in [0.1, 0.15) is 255 Å². The highest BCUT2D eigenvalue weighted by molar-refractivity contribution is 6.23. The fourth-order valence-corrected chi connectivity index (χ4v) is 10.7. The van der Waals surface area contributed by atoms with E-state index in [0.29, 0.717) is 116 Å². The van der Waals surface area contributed by atoms with E-state index in [1.165, 1.54) is 35.5 Å². The predicted octanol–water partition coefficient (Wildman–Crippen LogP) is 11.2. The summed E-state index contributed by atoms with van der Waals surface area (Å²) in [6.07, 6.45) is 17.2. The number of aldehydes is 2. The molecule has 26 nitrogen and oxygen atoms in total. The monoisotopic (exact) mass is 1450 g/mol. The summed E-state index contributed by atoms with van der Waals surface area (Å²) in [6.45, 7) is 28.6. The molecule has 10 amide bonds. The first-order valence-electron chi connectivity index (χ1n) is 36.9. The molecular weight excluding hydrogens is 1330 g/mol. The van der Waals surface area contributed by atoms with Crippen LogP contribution in [0.15, 0.2) is 72.8 Å². The Kier molecular flexibility index (Phi) is 31.1. The molecule has 6 aliphatic carbocycles. The third-order valence-corrected chi connectivity index (χ3v) is 16.7. The fraction of sp³-hybridized carbons (Fsp3) is 0.615. The molecule has 0 saturated heterocycles. The van der Waals surface area contributed by atoms with Gasteiger partial charge < -0.3 is 64.9 Å². The molecule has 26 heteroatoms. The maximum Gasteiger partial charge on any atom is 0.410 e. The van der Waals surface area contributed by atoms with E-state index in [9.17, 15) is 57.5 Å². The molecule has 9 aliphatic rings. The number of benzene rings is 3. The Labute approximate surface area is 613 Å². The van der Waals surface area contributed by atoms with Crippen molar-refractivity contribution in [3.05, 3.63) is 106 Å². The molecule has 0 radical (unpaired) electrons. The number of nitrogens with zero attached hydrogens (tertiary/aromatic N) is 7. The minimum Gasteiger partial charge on any atom is -0.444 e. The van der Waals surface area contributed by atoms with Crippen molar-refractivity contribution < 1.29 is 76.5 Å². The molecule has 104 heavy (non-hydrogen) atoms. The zero-order valence-corrected chi connectivity index (χ0v) is 63.5. The van der Waals surface area contributed by atoms with E-state index in [-0.39, 0.29) is 72.7 Å². The van der Waals surface area contributed by atoms with Crippen molar-refractivity contribution in [2.45, 2.75) is 251 Å². The first-order chi connectivity index (χ1) is 49.0. The second-order valence-corrected chi connectivity index (χ2v) is 31.2. The Morgan fingerprint density at radius 3 is 0.981 bits per heavy atom. The summed E-state index contributed by atoms with van der Waals surface area (Å²) in [5.74, 6) is -1.70. The Morgan fingerprint density at radius 1 is 0.433 bits per heavy atom. The van der Waals surface area contributed by atoms with Gasteiger partial charge in [-0.15, -0.1) is 0 Å².